The smallest absolute Gasteiger partial charge is 0.274 e. The molecule has 2 heterocycles. The second kappa shape index (κ2) is 3.86. The maximum Gasteiger partial charge on any atom is 0.274 e. The van der Waals surface area contributed by atoms with E-state index < -0.39 is 0 Å². The highest BCUT2D eigenvalue weighted by molar-refractivity contribution is 5.80. The van der Waals surface area contributed by atoms with Crippen LogP contribution in [0.1, 0.15) is 5.69 Å². The van der Waals surface area contributed by atoms with E-state index in [9.17, 15) is 4.79 Å². The second-order valence-corrected chi connectivity index (χ2v) is 3.69. The lowest BCUT2D eigenvalue weighted by atomic mass is 10.2. The molecule has 0 aliphatic carbocycles. The molecule has 0 saturated heterocycles. The molecular weight excluding hydrogens is 218 g/mol. The zero-order chi connectivity index (χ0) is 11.7. The number of benzene rings is 1. The highest BCUT2D eigenvalue weighted by Gasteiger charge is 2.05. The largest absolute Gasteiger partial charge is 0.364 e. The molecule has 2 aromatic heterocycles. The first kappa shape index (κ1) is 9.77. The number of fused-ring (bicyclic) bond motifs is 1. The van der Waals surface area contributed by atoms with E-state index in [0.29, 0.717) is 17.6 Å². The summed E-state index contributed by atoms with van der Waals surface area (Å²) in [5, 5.41) is 9.36. The van der Waals surface area contributed by atoms with Crippen molar-refractivity contribution in [1.29, 1.82) is 0 Å². The highest BCUT2D eigenvalue weighted by Crippen LogP contribution is 2.06. The lowest BCUT2D eigenvalue weighted by Crippen LogP contribution is -2.23. The van der Waals surface area contributed by atoms with Crippen LogP contribution in [0.15, 0.2) is 52.1 Å². The lowest BCUT2D eigenvalue weighted by Gasteiger charge is -2.03. The Morgan fingerprint density at radius 1 is 1.24 bits per heavy atom. The summed E-state index contributed by atoms with van der Waals surface area (Å²) >= 11 is 0. The van der Waals surface area contributed by atoms with Gasteiger partial charge in [0, 0.05) is 11.5 Å². The number of hydrogen-bond donors (Lipinski definition) is 0. The summed E-state index contributed by atoms with van der Waals surface area (Å²) in [6, 6.07) is 9.09. The minimum absolute atomic E-state index is 0.119. The van der Waals surface area contributed by atoms with Gasteiger partial charge in [-0.05, 0) is 6.07 Å². The zero-order valence-electron chi connectivity index (χ0n) is 8.91. The summed E-state index contributed by atoms with van der Waals surface area (Å²) in [7, 11) is 0. The average molecular weight is 227 g/mol. The van der Waals surface area contributed by atoms with Crippen molar-refractivity contribution >= 4 is 10.8 Å². The number of aromatic nitrogens is 3. The first-order valence-corrected chi connectivity index (χ1v) is 5.19. The van der Waals surface area contributed by atoms with E-state index >= 15 is 0 Å². The van der Waals surface area contributed by atoms with Crippen LogP contribution in [0.5, 0.6) is 0 Å². The molecule has 1 aromatic carbocycles. The normalized spacial score (nSPS) is 10.8. The summed E-state index contributed by atoms with van der Waals surface area (Å²) < 4.78 is 6.10. The van der Waals surface area contributed by atoms with Crippen LogP contribution >= 0.6 is 0 Å². The molecule has 0 aliphatic rings. The predicted molar refractivity (Wildman–Crippen MR) is 61.6 cm³/mol. The maximum absolute atomic E-state index is 12.1. The fourth-order valence-electron chi connectivity index (χ4n) is 1.71. The maximum atomic E-state index is 12.1. The first-order valence-electron chi connectivity index (χ1n) is 5.19. The van der Waals surface area contributed by atoms with Gasteiger partial charge < -0.3 is 4.52 Å². The highest BCUT2D eigenvalue weighted by atomic mass is 16.5. The van der Waals surface area contributed by atoms with Crippen LogP contribution < -0.4 is 5.56 Å². The quantitative estimate of drug-likeness (QED) is 0.664. The Morgan fingerprint density at radius 3 is 2.94 bits per heavy atom. The fourth-order valence-corrected chi connectivity index (χ4v) is 1.71. The van der Waals surface area contributed by atoms with Crippen molar-refractivity contribution in [1.82, 2.24) is 14.9 Å². The van der Waals surface area contributed by atoms with Crippen LogP contribution in [-0.4, -0.2) is 14.9 Å². The predicted octanol–water partition coefficient (Wildman–Crippen LogP) is 1.43. The molecule has 17 heavy (non-hydrogen) atoms. The van der Waals surface area contributed by atoms with Crippen molar-refractivity contribution < 1.29 is 4.52 Å². The minimum Gasteiger partial charge on any atom is -0.364 e. The van der Waals surface area contributed by atoms with Gasteiger partial charge in [0.2, 0.25) is 0 Å². The van der Waals surface area contributed by atoms with E-state index in [1.807, 2.05) is 18.2 Å². The van der Waals surface area contributed by atoms with Crippen LogP contribution in [0.4, 0.5) is 0 Å². The van der Waals surface area contributed by atoms with Gasteiger partial charge in [0.1, 0.15) is 12.0 Å². The molecule has 84 valence electrons. The molecule has 0 fully saturated rings. The van der Waals surface area contributed by atoms with Gasteiger partial charge in [-0.25, -0.2) is 4.68 Å². The standard InChI is InChI=1S/C12H9N3O2/c16-12-11-4-2-1-3-9(11)7-13-15(12)8-10-5-6-17-14-10/h1-7H,8H2. The van der Waals surface area contributed by atoms with Crippen LogP contribution in [0.25, 0.3) is 10.8 Å². The second-order valence-electron chi connectivity index (χ2n) is 3.69. The lowest BCUT2D eigenvalue weighted by molar-refractivity contribution is 0.407. The average Bonchev–Trinajstić information content (AvgIpc) is 2.86. The van der Waals surface area contributed by atoms with Crippen LogP contribution in [-0.2, 0) is 6.54 Å². The molecule has 3 aromatic rings. The van der Waals surface area contributed by atoms with Crippen molar-refractivity contribution in [2.24, 2.45) is 0 Å². The van der Waals surface area contributed by atoms with Gasteiger partial charge in [0.05, 0.1) is 18.1 Å². The fraction of sp³-hybridized carbons (Fsp3) is 0.0833. The van der Waals surface area contributed by atoms with Crippen molar-refractivity contribution in [3.8, 4) is 0 Å². The van der Waals surface area contributed by atoms with Crippen molar-refractivity contribution in [3.63, 3.8) is 0 Å². The van der Waals surface area contributed by atoms with Crippen LogP contribution in [0.2, 0.25) is 0 Å². The van der Waals surface area contributed by atoms with Gasteiger partial charge in [-0.15, -0.1) is 0 Å². The summed E-state index contributed by atoms with van der Waals surface area (Å²) in [5.74, 6) is 0. The Labute approximate surface area is 96.3 Å². The van der Waals surface area contributed by atoms with E-state index in [2.05, 4.69) is 10.3 Å². The van der Waals surface area contributed by atoms with E-state index in [0.717, 1.165) is 5.39 Å². The molecule has 0 radical (unpaired) electrons. The van der Waals surface area contributed by atoms with Gasteiger partial charge in [0.15, 0.2) is 0 Å². The Hall–Kier alpha value is -2.43. The van der Waals surface area contributed by atoms with Crippen molar-refractivity contribution in [2.45, 2.75) is 6.54 Å². The third-order valence-corrected chi connectivity index (χ3v) is 2.56. The molecule has 0 saturated carbocycles. The molecule has 0 bridgehead atoms. The summed E-state index contributed by atoms with van der Waals surface area (Å²) in [4.78, 5) is 12.1. The third-order valence-electron chi connectivity index (χ3n) is 2.56. The molecule has 5 nitrogen and oxygen atoms in total. The van der Waals surface area contributed by atoms with Gasteiger partial charge in [0.25, 0.3) is 5.56 Å². The third kappa shape index (κ3) is 1.71. The van der Waals surface area contributed by atoms with E-state index in [-0.39, 0.29) is 5.56 Å². The summed E-state index contributed by atoms with van der Waals surface area (Å²) in [6.45, 7) is 0.320. The molecule has 0 amide bonds. The minimum atomic E-state index is -0.119. The van der Waals surface area contributed by atoms with E-state index in [1.54, 1.807) is 18.3 Å². The van der Waals surface area contributed by atoms with E-state index in [1.165, 1.54) is 10.9 Å². The van der Waals surface area contributed by atoms with Gasteiger partial charge >= 0.3 is 0 Å². The Kier molecular flexibility index (Phi) is 2.22. The summed E-state index contributed by atoms with van der Waals surface area (Å²) in [5.41, 5.74) is 0.556. The number of nitrogens with zero attached hydrogens (tertiary/aromatic N) is 3. The molecule has 0 atom stereocenters. The van der Waals surface area contributed by atoms with Gasteiger partial charge in [-0.1, -0.05) is 23.4 Å². The van der Waals surface area contributed by atoms with Crippen LogP contribution in [0, 0.1) is 0 Å². The molecule has 3 rings (SSSR count). The Bertz CT molecular complexity index is 701. The number of rotatable bonds is 2. The number of hydrogen-bond acceptors (Lipinski definition) is 4. The first-order chi connectivity index (χ1) is 8.34. The molecular formula is C12H9N3O2. The molecule has 5 heteroatoms. The zero-order valence-corrected chi connectivity index (χ0v) is 8.91. The molecule has 0 aliphatic heterocycles. The molecule has 0 unspecified atom stereocenters. The van der Waals surface area contributed by atoms with Gasteiger partial charge in [-0.2, -0.15) is 5.10 Å². The monoisotopic (exact) mass is 227 g/mol. The van der Waals surface area contributed by atoms with Crippen molar-refractivity contribution in [2.75, 3.05) is 0 Å². The van der Waals surface area contributed by atoms with E-state index in [4.69, 9.17) is 4.52 Å². The molecule has 0 spiro atoms. The topological polar surface area (TPSA) is 60.9 Å². The van der Waals surface area contributed by atoms with Crippen molar-refractivity contribution in [3.05, 3.63) is 58.8 Å². The summed E-state index contributed by atoms with van der Waals surface area (Å²) in [6.07, 6.45) is 3.15. The SMILES string of the molecule is O=c1c2ccccc2cnn1Cc1ccon1. The molecule has 0 N–H and O–H groups in total. The van der Waals surface area contributed by atoms with Gasteiger partial charge in [-0.3, -0.25) is 4.79 Å². The Balaban J connectivity index is 2.12. The van der Waals surface area contributed by atoms with Crippen LogP contribution in [0.3, 0.4) is 0 Å². The Morgan fingerprint density at radius 2 is 2.12 bits per heavy atom.